The summed E-state index contributed by atoms with van der Waals surface area (Å²) in [6, 6.07) is 14.4. The Morgan fingerprint density at radius 1 is 1.00 bits per heavy atom. The van der Waals surface area contributed by atoms with Gasteiger partial charge in [0.05, 0.1) is 6.54 Å². The van der Waals surface area contributed by atoms with Gasteiger partial charge in [0.15, 0.2) is 11.5 Å². The first kappa shape index (κ1) is 15.3. The molecule has 0 bridgehead atoms. The molecule has 25 heavy (non-hydrogen) atoms. The van der Waals surface area contributed by atoms with Crippen LogP contribution in [0.2, 0.25) is 0 Å². The van der Waals surface area contributed by atoms with Crippen molar-refractivity contribution in [3.63, 3.8) is 0 Å². The molecule has 0 radical (unpaired) electrons. The number of carbonyl (C=O) groups is 2. The van der Waals surface area contributed by atoms with Crippen molar-refractivity contribution in [3.8, 4) is 11.5 Å². The number of fused-ring (bicyclic) bond motifs is 1. The number of benzene rings is 2. The molecular weight excluding hydrogens is 320 g/mol. The van der Waals surface area contributed by atoms with E-state index in [-0.39, 0.29) is 18.1 Å². The van der Waals surface area contributed by atoms with Crippen molar-refractivity contribution in [2.24, 2.45) is 0 Å². The third-order valence-corrected chi connectivity index (χ3v) is 4.02. The lowest BCUT2D eigenvalue weighted by Gasteiger charge is -2.18. The Morgan fingerprint density at radius 3 is 2.56 bits per heavy atom. The van der Waals surface area contributed by atoms with E-state index in [1.165, 1.54) is 4.90 Å². The fourth-order valence-corrected chi connectivity index (χ4v) is 2.80. The summed E-state index contributed by atoms with van der Waals surface area (Å²) < 4.78 is 11.0. The molecule has 2 aliphatic heterocycles. The minimum absolute atomic E-state index is 0.240. The largest absolute Gasteiger partial charge is 0.486 e. The van der Waals surface area contributed by atoms with Crippen molar-refractivity contribution in [2.75, 3.05) is 13.2 Å². The van der Waals surface area contributed by atoms with Crippen LogP contribution in [0.1, 0.15) is 11.1 Å². The molecule has 6 heteroatoms. The van der Waals surface area contributed by atoms with Crippen LogP contribution in [0.5, 0.6) is 11.5 Å². The molecule has 0 saturated carbocycles. The summed E-state index contributed by atoms with van der Waals surface area (Å²) in [5, 5.41) is 2.63. The first-order valence-electron chi connectivity index (χ1n) is 7.99. The van der Waals surface area contributed by atoms with Crippen molar-refractivity contribution in [1.29, 1.82) is 0 Å². The first-order valence-corrected chi connectivity index (χ1v) is 7.99. The topological polar surface area (TPSA) is 67.9 Å². The predicted octanol–water partition coefficient (Wildman–Crippen LogP) is 2.55. The molecule has 2 aliphatic rings. The van der Waals surface area contributed by atoms with E-state index in [4.69, 9.17) is 9.47 Å². The Balaban J connectivity index is 1.56. The van der Waals surface area contributed by atoms with Crippen LogP contribution in [0.3, 0.4) is 0 Å². The van der Waals surface area contributed by atoms with E-state index in [2.05, 4.69) is 5.32 Å². The molecule has 0 unspecified atom stereocenters. The minimum Gasteiger partial charge on any atom is -0.486 e. The van der Waals surface area contributed by atoms with Crippen LogP contribution >= 0.6 is 0 Å². The van der Waals surface area contributed by atoms with Gasteiger partial charge in [0.1, 0.15) is 18.9 Å². The number of ether oxygens (including phenoxy) is 2. The average molecular weight is 336 g/mol. The number of hydrogen-bond donors (Lipinski definition) is 1. The van der Waals surface area contributed by atoms with Crippen molar-refractivity contribution in [1.82, 2.24) is 10.2 Å². The number of rotatable bonds is 3. The maximum absolute atomic E-state index is 12.5. The third-order valence-electron chi connectivity index (χ3n) is 4.02. The monoisotopic (exact) mass is 336 g/mol. The van der Waals surface area contributed by atoms with E-state index in [1.54, 1.807) is 18.2 Å². The number of amides is 3. The fourth-order valence-electron chi connectivity index (χ4n) is 2.80. The highest BCUT2D eigenvalue weighted by molar-refractivity contribution is 6.13. The average Bonchev–Trinajstić information content (AvgIpc) is 2.90. The van der Waals surface area contributed by atoms with Gasteiger partial charge in [0.25, 0.3) is 5.91 Å². The van der Waals surface area contributed by atoms with E-state index < -0.39 is 6.03 Å². The van der Waals surface area contributed by atoms with E-state index in [0.29, 0.717) is 24.7 Å². The molecule has 2 heterocycles. The van der Waals surface area contributed by atoms with Crippen LogP contribution in [-0.4, -0.2) is 30.1 Å². The highest BCUT2D eigenvalue weighted by Gasteiger charge is 2.33. The zero-order valence-electron chi connectivity index (χ0n) is 13.4. The number of imide groups is 1. The van der Waals surface area contributed by atoms with Gasteiger partial charge in [-0.25, -0.2) is 4.79 Å². The molecule has 2 aromatic carbocycles. The second kappa shape index (κ2) is 6.32. The Hall–Kier alpha value is -3.28. The van der Waals surface area contributed by atoms with Crippen LogP contribution in [0, 0.1) is 0 Å². The Morgan fingerprint density at radius 2 is 1.76 bits per heavy atom. The number of nitrogens with one attached hydrogen (secondary N) is 1. The van der Waals surface area contributed by atoms with Crippen LogP contribution < -0.4 is 14.8 Å². The van der Waals surface area contributed by atoms with Gasteiger partial charge in [-0.05, 0) is 29.3 Å². The first-order chi connectivity index (χ1) is 12.2. The lowest BCUT2D eigenvalue weighted by atomic mass is 10.1. The molecule has 0 atom stereocenters. The maximum atomic E-state index is 12.5. The maximum Gasteiger partial charge on any atom is 0.329 e. The molecule has 126 valence electrons. The molecule has 1 N–H and O–H groups in total. The molecule has 6 nitrogen and oxygen atoms in total. The molecule has 0 spiro atoms. The van der Waals surface area contributed by atoms with Crippen molar-refractivity contribution in [2.45, 2.75) is 6.54 Å². The van der Waals surface area contributed by atoms with Gasteiger partial charge in [0.2, 0.25) is 0 Å². The number of hydrogen-bond acceptors (Lipinski definition) is 4. The molecular formula is C19H16N2O4. The zero-order valence-corrected chi connectivity index (χ0v) is 13.4. The summed E-state index contributed by atoms with van der Waals surface area (Å²) in [5.41, 5.74) is 1.90. The zero-order chi connectivity index (χ0) is 17.2. The van der Waals surface area contributed by atoms with E-state index >= 15 is 0 Å². The Labute approximate surface area is 144 Å². The third kappa shape index (κ3) is 3.06. The molecule has 0 aliphatic carbocycles. The van der Waals surface area contributed by atoms with Gasteiger partial charge in [-0.1, -0.05) is 36.4 Å². The summed E-state index contributed by atoms with van der Waals surface area (Å²) in [5.74, 6) is 0.975. The SMILES string of the molecule is O=C1N/C(=C/c2ccc3c(c2)OCCO3)C(=O)N1Cc1ccccc1. The molecule has 1 fully saturated rings. The summed E-state index contributed by atoms with van der Waals surface area (Å²) in [7, 11) is 0. The smallest absolute Gasteiger partial charge is 0.329 e. The lowest BCUT2D eigenvalue weighted by Crippen LogP contribution is -2.30. The normalized spacial score (nSPS) is 17.8. The van der Waals surface area contributed by atoms with Gasteiger partial charge >= 0.3 is 6.03 Å². The molecule has 4 rings (SSSR count). The Bertz CT molecular complexity index is 861. The summed E-state index contributed by atoms with van der Waals surface area (Å²) >= 11 is 0. The van der Waals surface area contributed by atoms with Crippen LogP contribution in [0.4, 0.5) is 4.79 Å². The standard InChI is InChI=1S/C19H16N2O4/c22-18-15(10-14-6-7-16-17(11-14)25-9-8-24-16)20-19(23)21(18)12-13-4-2-1-3-5-13/h1-7,10-11H,8-9,12H2,(H,20,23)/b15-10+. The molecule has 1 saturated heterocycles. The highest BCUT2D eigenvalue weighted by atomic mass is 16.6. The molecule has 3 amide bonds. The fraction of sp³-hybridized carbons (Fsp3) is 0.158. The van der Waals surface area contributed by atoms with Crippen molar-refractivity contribution in [3.05, 3.63) is 65.4 Å². The number of nitrogens with zero attached hydrogens (tertiary/aromatic N) is 1. The van der Waals surface area contributed by atoms with Gasteiger partial charge in [-0.15, -0.1) is 0 Å². The van der Waals surface area contributed by atoms with E-state index in [0.717, 1.165) is 11.1 Å². The summed E-state index contributed by atoms with van der Waals surface area (Å²) in [6.07, 6.45) is 1.64. The Kier molecular flexibility index (Phi) is 3.85. The molecule has 2 aromatic rings. The van der Waals surface area contributed by atoms with Crippen LogP contribution in [-0.2, 0) is 11.3 Å². The second-order valence-electron chi connectivity index (χ2n) is 5.77. The van der Waals surface area contributed by atoms with E-state index in [9.17, 15) is 9.59 Å². The van der Waals surface area contributed by atoms with Gasteiger partial charge in [-0.3, -0.25) is 9.69 Å². The number of carbonyl (C=O) groups excluding carboxylic acids is 2. The molecule has 0 aromatic heterocycles. The predicted molar refractivity (Wildman–Crippen MR) is 90.9 cm³/mol. The van der Waals surface area contributed by atoms with Crippen LogP contribution in [0.25, 0.3) is 6.08 Å². The minimum atomic E-state index is -0.419. The summed E-state index contributed by atoms with van der Waals surface area (Å²) in [6.45, 7) is 1.26. The highest BCUT2D eigenvalue weighted by Crippen LogP contribution is 2.31. The van der Waals surface area contributed by atoms with Gasteiger partial charge < -0.3 is 14.8 Å². The second-order valence-corrected chi connectivity index (χ2v) is 5.77. The summed E-state index contributed by atoms with van der Waals surface area (Å²) in [4.78, 5) is 25.9. The van der Waals surface area contributed by atoms with Gasteiger partial charge in [-0.2, -0.15) is 0 Å². The van der Waals surface area contributed by atoms with Gasteiger partial charge in [0, 0.05) is 0 Å². The number of urea groups is 1. The van der Waals surface area contributed by atoms with Crippen LogP contribution in [0.15, 0.2) is 54.2 Å². The van der Waals surface area contributed by atoms with Crippen molar-refractivity contribution >= 4 is 18.0 Å². The quantitative estimate of drug-likeness (QED) is 0.691. The van der Waals surface area contributed by atoms with Crippen molar-refractivity contribution < 1.29 is 19.1 Å². The lowest BCUT2D eigenvalue weighted by molar-refractivity contribution is -0.123. The van der Waals surface area contributed by atoms with E-state index in [1.807, 2.05) is 36.4 Å².